The number of nitrogens with one attached hydrogen (secondary N) is 1. The summed E-state index contributed by atoms with van der Waals surface area (Å²) in [6, 6.07) is 23.6. The highest BCUT2D eigenvalue weighted by molar-refractivity contribution is 7.94. The number of benzene rings is 3. The van der Waals surface area contributed by atoms with Gasteiger partial charge >= 0.3 is 6.03 Å². The van der Waals surface area contributed by atoms with Crippen molar-refractivity contribution in [3.05, 3.63) is 100 Å². The van der Waals surface area contributed by atoms with Gasteiger partial charge in [-0.15, -0.1) is 0 Å². The van der Waals surface area contributed by atoms with Gasteiger partial charge in [0.15, 0.2) is 0 Å². The Morgan fingerprint density at radius 1 is 0.862 bits per heavy atom. The zero-order chi connectivity index (χ0) is 20.9. The van der Waals surface area contributed by atoms with E-state index in [1.807, 2.05) is 24.3 Å². The molecule has 0 atom stereocenters. The summed E-state index contributed by atoms with van der Waals surface area (Å²) in [6.45, 7) is 1.44. The zero-order valence-electron chi connectivity index (χ0n) is 15.6. The van der Waals surface area contributed by atoms with Crippen molar-refractivity contribution in [2.45, 2.75) is 6.92 Å². The highest BCUT2D eigenvalue weighted by Gasteiger charge is 2.24. The Morgan fingerprint density at radius 2 is 1.38 bits per heavy atom. The second-order valence-electron chi connectivity index (χ2n) is 6.22. The average molecular weight is 427 g/mol. The Morgan fingerprint density at radius 3 is 1.97 bits per heavy atom. The molecule has 0 aliphatic carbocycles. The minimum atomic E-state index is -4.03. The molecule has 0 saturated carbocycles. The molecule has 0 aliphatic heterocycles. The Labute approximate surface area is 175 Å². The predicted molar refractivity (Wildman–Crippen MR) is 118 cm³/mol. The van der Waals surface area contributed by atoms with E-state index < -0.39 is 16.1 Å². The molecule has 5 nitrogen and oxygen atoms in total. The van der Waals surface area contributed by atoms with Crippen molar-refractivity contribution in [1.29, 1.82) is 0 Å². The molecule has 7 heteroatoms. The smallest absolute Gasteiger partial charge is 0.262 e. The number of urea groups is 1. The van der Waals surface area contributed by atoms with Crippen LogP contribution in [0.4, 0.5) is 16.2 Å². The third kappa shape index (κ3) is 5.25. The Balaban J connectivity index is 1.92. The van der Waals surface area contributed by atoms with Crippen LogP contribution in [0.1, 0.15) is 12.5 Å². The SMILES string of the molecule is CC(=Cc1ccccc1)S(=O)(=O)NC(=O)N(c1ccccc1)c1ccc(Cl)cc1. The van der Waals surface area contributed by atoms with Gasteiger partial charge < -0.3 is 0 Å². The number of sulfonamides is 1. The fraction of sp³-hybridized carbons (Fsp3) is 0.0455. The van der Waals surface area contributed by atoms with Crippen LogP contribution in [0.25, 0.3) is 6.08 Å². The lowest BCUT2D eigenvalue weighted by Gasteiger charge is -2.23. The van der Waals surface area contributed by atoms with Crippen LogP contribution in [0, 0.1) is 0 Å². The Bertz CT molecular complexity index is 1110. The van der Waals surface area contributed by atoms with Crippen LogP contribution in [0.5, 0.6) is 0 Å². The van der Waals surface area contributed by atoms with Crippen molar-refractivity contribution < 1.29 is 13.2 Å². The maximum Gasteiger partial charge on any atom is 0.340 e. The maximum atomic E-state index is 13.0. The van der Waals surface area contributed by atoms with Crippen LogP contribution >= 0.6 is 11.6 Å². The fourth-order valence-corrected chi connectivity index (χ4v) is 3.55. The summed E-state index contributed by atoms with van der Waals surface area (Å²) >= 11 is 5.94. The van der Waals surface area contributed by atoms with E-state index in [0.717, 1.165) is 5.56 Å². The third-order valence-electron chi connectivity index (χ3n) is 4.12. The van der Waals surface area contributed by atoms with Crippen LogP contribution < -0.4 is 9.62 Å². The average Bonchev–Trinajstić information content (AvgIpc) is 2.71. The number of anilines is 2. The molecule has 0 bridgehead atoms. The molecule has 3 aromatic rings. The molecule has 1 N–H and O–H groups in total. The quantitative estimate of drug-likeness (QED) is 0.579. The molecular formula is C22H19ClN2O3S. The molecule has 3 aromatic carbocycles. The van der Waals surface area contributed by atoms with Crippen molar-refractivity contribution in [2.24, 2.45) is 0 Å². The van der Waals surface area contributed by atoms with Gasteiger partial charge in [0.05, 0.1) is 16.3 Å². The summed E-state index contributed by atoms with van der Waals surface area (Å²) in [5.74, 6) is 0. The number of carbonyl (C=O) groups excluding carboxylic acids is 1. The molecule has 0 heterocycles. The molecule has 148 valence electrons. The van der Waals surface area contributed by atoms with E-state index in [1.54, 1.807) is 60.7 Å². The van der Waals surface area contributed by atoms with E-state index in [9.17, 15) is 13.2 Å². The van der Waals surface area contributed by atoms with Gasteiger partial charge in [-0.25, -0.2) is 17.9 Å². The van der Waals surface area contributed by atoms with Gasteiger partial charge in [-0.1, -0.05) is 60.1 Å². The lowest BCUT2D eigenvalue weighted by atomic mass is 10.2. The van der Waals surface area contributed by atoms with Crippen LogP contribution in [0.15, 0.2) is 89.8 Å². The van der Waals surface area contributed by atoms with Crippen molar-refractivity contribution >= 4 is 45.1 Å². The number of rotatable bonds is 5. The molecular weight excluding hydrogens is 408 g/mol. The minimum absolute atomic E-state index is 0.0289. The summed E-state index contributed by atoms with van der Waals surface area (Å²) in [6.07, 6.45) is 1.50. The molecule has 0 unspecified atom stereocenters. The van der Waals surface area contributed by atoms with Crippen LogP contribution in [-0.4, -0.2) is 14.4 Å². The first kappa shape index (κ1) is 20.6. The Kier molecular flexibility index (Phi) is 6.36. The molecule has 2 amide bonds. The van der Waals surface area contributed by atoms with Gasteiger partial charge in [-0.2, -0.15) is 0 Å². The van der Waals surface area contributed by atoms with E-state index >= 15 is 0 Å². The molecule has 0 fully saturated rings. The second kappa shape index (κ2) is 8.94. The molecule has 0 radical (unpaired) electrons. The Hall–Kier alpha value is -3.09. The topological polar surface area (TPSA) is 66.5 Å². The highest BCUT2D eigenvalue weighted by atomic mass is 35.5. The van der Waals surface area contributed by atoms with Gasteiger partial charge in [0, 0.05) is 5.02 Å². The first-order valence-electron chi connectivity index (χ1n) is 8.78. The van der Waals surface area contributed by atoms with Gasteiger partial charge in [0.1, 0.15) is 0 Å². The number of hydrogen-bond donors (Lipinski definition) is 1. The number of halogens is 1. The van der Waals surface area contributed by atoms with Crippen LogP contribution in [0.2, 0.25) is 5.02 Å². The summed E-state index contributed by atoms with van der Waals surface area (Å²) < 4.78 is 27.6. The second-order valence-corrected chi connectivity index (χ2v) is 8.52. The zero-order valence-corrected chi connectivity index (χ0v) is 17.2. The maximum absolute atomic E-state index is 13.0. The monoisotopic (exact) mass is 426 g/mol. The van der Waals surface area contributed by atoms with E-state index in [1.165, 1.54) is 17.9 Å². The molecule has 0 saturated heterocycles. The van der Waals surface area contributed by atoms with Crippen LogP contribution in [-0.2, 0) is 10.0 Å². The first-order chi connectivity index (χ1) is 13.9. The fourth-order valence-electron chi connectivity index (χ4n) is 2.65. The first-order valence-corrected chi connectivity index (χ1v) is 10.6. The van der Waals surface area contributed by atoms with Crippen molar-refractivity contribution in [3.8, 4) is 0 Å². The molecule has 0 aliphatic rings. The summed E-state index contributed by atoms with van der Waals surface area (Å²) in [5.41, 5.74) is 1.73. The number of carbonyl (C=O) groups is 1. The van der Waals surface area contributed by atoms with Crippen molar-refractivity contribution in [2.75, 3.05) is 4.90 Å². The summed E-state index contributed by atoms with van der Waals surface area (Å²) in [7, 11) is -4.03. The van der Waals surface area contributed by atoms with Gasteiger partial charge in [-0.05, 0) is 55.0 Å². The number of para-hydroxylation sites is 1. The largest absolute Gasteiger partial charge is 0.340 e. The molecule has 3 rings (SSSR count). The predicted octanol–water partition coefficient (Wildman–Crippen LogP) is 5.58. The number of amides is 2. The third-order valence-corrected chi connectivity index (χ3v) is 5.78. The van der Waals surface area contributed by atoms with E-state index in [-0.39, 0.29) is 4.91 Å². The van der Waals surface area contributed by atoms with Crippen LogP contribution in [0.3, 0.4) is 0 Å². The van der Waals surface area contributed by atoms with E-state index in [4.69, 9.17) is 11.6 Å². The standard InChI is InChI=1S/C22H19ClN2O3S/c1-17(16-18-8-4-2-5-9-18)29(27,28)24-22(26)25(20-10-6-3-7-11-20)21-14-12-19(23)13-15-21/h2-16H,1H3,(H,24,26). The summed E-state index contributed by atoms with van der Waals surface area (Å²) in [5, 5.41) is 0.511. The van der Waals surface area contributed by atoms with Crippen molar-refractivity contribution in [3.63, 3.8) is 0 Å². The van der Waals surface area contributed by atoms with Crippen molar-refractivity contribution in [1.82, 2.24) is 4.72 Å². The molecule has 29 heavy (non-hydrogen) atoms. The number of hydrogen-bond acceptors (Lipinski definition) is 3. The number of nitrogens with zero attached hydrogens (tertiary/aromatic N) is 1. The summed E-state index contributed by atoms with van der Waals surface area (Å²) in [4.78, 5) is 14.3. The number of allylic oxidation sites excluding steroid dienone is 1. The lowest BCUT2D eigenvalue weighted by Crippen LogP contribution is -2.40. The normalized spacial score (nSPS) is 11.7. The van der Waals surface area contributed by atoms with E-state index in [2.05, 4.69) is 4.72 Å². The lowest BCUT2D eigenvalue weighted by molar-refractivity contribution is 0.253. The minimum Gasteiger partial charge on any atom is -0.262 e. The van der Waals surface area contributed by atoms with Gasteiger partial charge in [0.25, 0.3) is 10.0 Å². The van der Waals surface area contributed by atoms with Gasteiger partial charge in [0.2, 0.25) is 0 Å². The molecule has 0 spiro atoms. The highest BCUT2D eigenvalue weighted by Crippen LogP contribution is 2.27. The molecule has 0 aromatic heterocycles. The van der Waals surface area contributed by atoms with E-state index in [0.29, 0.717) is 16.4 Å². The van der Waals surface area contributed by atoms with Gasteiger partial charge in [-0.3, -0.25) is 4.90 Å².